The van der Waals surface area contributed by atoms with E-state index in [2.05, 4.69) is 14.9 Å². The lowest BCUT2D eigenvalue weighted by Gasteiger charge is -2.31. The van der Waals surface area contributed by atoms with Crippen molar-refractivity contribution in [1.82, 2.24) is 19.2 Å². The first kappa shape index (κ1) is 15.0. The van der Waals surface area contributed by atoms with Gasteiger partial charge in [0, 0.05) is 38.1 Å². The van der Waals surface area contributed by atoms with Gasteiger partial charge >= 0.3 is 0 Å². The number of imidazole rings is 1. The number of nitrogens with zero attached hydrogens (tertiary/aromatic N) is 3. The minimum Gasteiger partial charge on any atom is -0.334 e. The molecule has 1 saturated carbocycles. The molecule has 2 heterocycles. The van der Waals surface area contributed by atoms with E-state index in [1.807, 2.05) is 12.4 Å². The minimum atomic E-state index is -3.06. The van der Waals surface area contributed by atoms with E-state index in [-0.39, 0.29) is 0 Å². The molecule has 1 N–H and O–H groups in total. The molecule has 1 unspecified atom stereocenters. The summed E-state index contributed by atoms with van der Waals surface area (Å²) in [7, 11) is -3.06. The van der Waals surface area contributed by atoms with Crippen molar-refractivity contribution < 1.29 is 8.42 Å². The molecule has 21 heavy (non-hydrogen) atoms. The average Bonchev–Trinajstić information content (AvgIpc) is 3.17. The molecule has 0 spiro atoms. The molecule has 1 atom stereocenters. The van der Waals surface area contributed by atoms with Gasteiger partial charge in [-0.25, -0.2) is 17.7 Å². The zero-order chi connectivity index (χ0) is 14.9. The van der Waals surface area contributed by atoms with Crippen molar-refractivity contribution in [1.29, 1.82) is 0 Å². The summed E-state index contributed by atoms with van der Waals surface area (Å²) in [6, 6.07) is 0.672. The van der Waals surface area contributed by atoms with Crippen molar-refractivity contribution in [2.24, 2.45) is 5.92 Å². The third-order valence-electron chi connectivity index (χ3n) is 4.33. The van der Waals surface area contributed by atoms with Crippen LogP contribution in [0.25, 0.3) is 0 Å². The van der Waals surface area contributed by atoms with Gasteiger partial charge in [-0.3, -0.25) is 0 Å². The monoisotopic (exact) mass is 312 g/mol. The number of aromatic nitrogens is 2. The van der Waals surface area contributed by atoms with Gasteiger partial charge in [0.25, 0.3) is 0 Å². The van der Waals surface area contributed by atoms with Gasteiger partial charge < -0.3 is 9.88 Å². The van der Waals surface area contributed by atoms with Gasteiger partial charge in [0.2, 0.25) is 10.0 Å². The van der Waals surface area contributed by atoms with E-state index in [9.17, 15) is 8.42 Å². The Morgan fingerprint density at radius 1 is 1.38 bits per heavy atom. The SMILES string of the molecule is CS(=O)(=O)N1CCCC(Cn2ccnc2CNC2CC2)C1. The molecule has 1 aromatic rings. The Balaban J connectivity index is 1.59. The molecule has 2 fully saturated rings. The molecule has 7 heteroatoms. The van der Waals surface area contributed by atoms with Crippen molar-refractivity contribution in [2.75, 3.05) is 19.3 Å². The standard InChI is InChI=1S/C14H24N4O2S/c1-21(19,20)18-7-2-3-12(11-18)10-17-8-6-15-14(17)9-16-13-4-5-13/h6,8,12-13,16H,2-5,7,9-11H2,1H3. The van der Waals surface area contributed by atoms with Crippen LogP contribution < -0.4 is 5.32 Å². The highest BCUT2D eigenvalue weighted by molar-refractivity contribution is 7.88. The molecule has 0 radical (unpaired) electrons. The van der Waals surface area contributed by atoms with Gasteiger partial charge in [-0.1, -0.05) is 0 Å². The lowest BCUT2D eigenvalue weighted by molar-refractivity contribution is 0.244. The normalized spacial score (nSPS) is 24.3. The average molecular weight is 312 g/mol. The van der Waals surface area contributed by atoms with Crippen molar-refractivity contribution >= 4 is 10.0 Å². The van der Waals surface area contributed by atoms with Gasteiger partial charge in [0.15, 0.2) is 0 Å². The lowest BCUT2D eigenvalue weighted by Crippen LogP contribution is -2.40. The van der Waals surface area contributed by atoms with Crippen molar-refractivity contribution in [3.05, 3.63) is 18.2 Å². The molecule has 2 aliphatic rings. The van der Waals surface area contributed by atoms with E-state index in [4.69, 9.17) is 0 Å². The molecule has 0 bridgehead atoms. The summed E-state index contributed by atoms with van der Waals surface area (Å²) in [6.07, 6.45) is 9.71. The van der Waals surface area contributed by atoms with Crippen LogP contribution in [0.2, 0.25) is 0 Å². The number of rotatable bonds is 6. The highest BCUT2D eigenvalue weighted by Crippen LogP contribution is 2.22. The molecule has 1 aliphatic carbocycles. The van der Waals surface area contributed by atoms with Crippen LogP contribution in [0.4, 0.5) is 0 Å². The molecule has 1 aliphatic heterocycles. The van der Waals surface area contributed by atoms with Crippen LogP contribution in [0.1, 0.15) is 31.5 Å². The number of hydrogen-bond donors (Lipinski definition) is 1. The maximum Gasteiger partial charge on any atom is 0.211 e. The first-order valence-corrected chi connectivity index (χ1v) is 9.56. The Labute approximate surface area is 126 Å². The predicted octanol–water partition coefficient (Wildman–Crippen LogP) is 0.807. The summed E-state index contributed by atoms with van der Waals surface area (Å²) in [5.41, 5.74) is 0. The zero-order valence-electron chi connectivity index (χ0n) is 12.5. The van der Waals surface area contributed by atoms with Crippen LogP contribution in [0.5, 0.6) is 0 Å². The second-order valence-corrected chi connectivity index (χ2v) is 8.26. The fraction of sp³-hybridized carbons (Fsp3) is 0.786. The Hall–Kier alpha value is -0.920. The fourth-order valence-electron chi connectivity index (χ4n) is 2.95. The molecule has 3 rings (SSSR count). The van der Waals surface area contributed by atoms with Crippen molar-refractivity contribution in [3.63, 3.8) is 0 Å². The number of hydrogen-bond acceptors (Lipinski definition) is 4. The Kier molecular flexibility index (Phi) is 4.33. The Morgan fingerprint density at radius 3 is 2.90 bits per heavy atom. The number of sulfonamides is 1. The van der Waals surface area contributed by atoms with E-state index in [0.717, 1.165) is 31.8 Å². The molecular formula is C14H24N4O2S. The topological polar surface area (TPSA) is 67.2 Å². The molecule has 6 nitrogen and oxygen atoms in total. The molecule has 1 aromatic heterocycles. The van der Waals surface area contributed by atoms with E-state index in [1.54, 1.807) is 4.31 Å². The number of nitrogens with one attached hydrogen (secondary N) is 1. The lowest BCUT2D eigenvalue weighted by atomic mass is 9.99. The largest absolute Gasteiger partial charge is 0.334 e. The van der Waals surface area contributed by atoms with Gasteiger partial charge in [0.1, 0.15) is 5.82 Å². The van der Waals surface area contributed by atoms with Crippen LogP contribution >= 0.6 is 0 Å². The van der Waals surface area contributed by atoms with Gasteiger partial charge in [0.05, 0.1) is 12.8 Å². The first-order chi connectivity index (χ1) is 10.0. The van der Waals surface area contributed by atoms with E-state index in [1.165, 1.54) is 19.1 Å². The third kappa shape index (κ3) is 4.05. The molecule has 118 valence electrons. The second-order valence-electron chi connectivity index (χ2n) is 6.28. The molecule has 0 aromatic carbocycles. The summed E-state index contributed by atoms with van der Waals surface area (Å²) >= 11 is 0. The third-order valence-corrected chi connectivity index (χ3v) is 5.60. The van der Waals surface area contributed by atoms with Crippen LogP contribution in [0, 0.1) is 5.92 Å². The molecule has 1 saturated heterocycles. The van der Waals surface area contributed by atoms with Gasteiger partial charge in [-0.2, -0.15) is 0 Å². The van der Waals surface area contributed by atoms with Crippen molar-refractivity contribution in [2.45, 2.75) is 44.8 Å². The first-order valence-electron chi connectivity index (χ1n) is 7.71. The zero-order valence-corrected chi connectivity index (χ0v) is 13.3. The summed E-state index contributed by atoms with van der Waals surface area (Å²) in [6.45, 7) is 2.95. The Morgan fingerprint density at radius 2 is 2.19 bits per heavy atom. The fourth-order valence-corrected chi connectivity index (χ4v) is 3.89. The van der Waals surface area contributed by atoms with E-state index in [0.29, 0.717) is 25.0 Å². The minimum absolute atomic E-state index is 0.377. The van der Waals surface area contributed by atoms with Crippen molar-refractivity contribution in [3.8, 4) is 0 Å². The van der Waals surface area contributed by atoms with Crippen LogP contribution in [-0.4, -0.2) is 47.7 Å². The van der Waals surface area contributed by atoms with Gasteiger partial charge in [-0.15, -0.1) is 0 Å². The molecule has 0 amide bonds. The molecular weight excluding hydrogens is 288 g/mol. The van der Waals surface area contributed by atoms with Crippen LogP contribution in [0.15, 0.2) is 12.4 Å². The maximum atomic E-state index is 11.7. The summed E-state index contributed by atoms with van der Waals surface area (Å²) in [5.74, 6) is 1.43. The summed E-state index contributed by atoms with van der Waals surface area (Å²) in [5, 5.41) is 3.48. The summed E-state index contributed by atoms with van der Waals surface area (Å²) in [4.78, 5) is 4.42. The van der Waals surface area contributed by atoms with Gasteiger partial charge in [-0.05, 0) is 31.6 Å². The second kappa shape index (κ2) is 6.06. The van der Waals surface area contributed by atoms with E-state index < -0.39 is 10.0 Å². The highest BCUT2D eigenvalue weighted by Gasteiger charge is 2.26. The Bertz CT molecular complexity index is 580. The summed E-state index contributed by atoms with van der Waals surface area (Å²) < 4.78 is 27.1. The van der Waals surface area contributed by atoms with E-state index >= 15 is 0 Å². The smallest absolute Gasteiger partial charge is 0.211 e. The maximum absolute atomic E-state index is 11.7. The predicted molar refractivity (Wildman–Crippen MR) is 81.2 cm³/mol. The highest BCUT2D eigenvalue weighted by atomic mass is 32.2. The number of piperidine rings is 1. The van der Waals surface area contributed by atoms with Crippen LogP contribution in [0.3, 0.4) is 0 Å². The quantitative estimate of drug-likeness (QED) is 0.844. The van der Waals surface area contributed by atoms with Crippen LogP contribution in [-0.2, 0) is 23.1 Å².